The van der Waals surface area contributed by atoms with Gasteiger partial charge in [0.15, 0.2) is 12.4 Å². The van der Waals surface area contributed by atoms with Crippen LogP contribution in [0.5, 0.6) is 0 Å². The molecule has 11 nitrogen and oxygen atoms in total. The Morgan fingerprint density at radius 2 is 0.947 bits per heavy atom. The van der Waals surface area contributed by atoms with Crippen LogP contribution in [0.3, 0.4) is 0 Å². The first-order chi connectivity index (χ1) is 37.2. The van der Waals surface area contributed by atoms with Crippen molar-refractivity contribution in [2.24, 2.45) is 0 Å². The van der Waals surface area contributed by atoms with Gasteiger partial charge in [-0.3, -0.25) is 9.59 Å². The molecular weight excluding hydrogens is 955 g/mol. The summed E-state index contributed by atoms with van der Waals surface area (Å²) >= 11 is 0. The monoisotopic (exact) mass is 1070 g/mol. The number of aliphatic hydroxyl groups is 5. The van der Waals surface area contributed by atoms with Gasteiger partial charge < -0.3 is 45.1 Å². The number of carbonyl (C=O) groups is 2. The lowest BCUT2D eigenvalue weighted by atomic mass is 9.99. The standard InChI is InChI=1S/C65H111NO10/c1-4-7-10-13-16-19-22-25-27-28-29-30-31-32-33-35-38-41-44-47-50-53-60(70)76-63-62(72)61(71)59(54-67)75-65(63)74-55-56(57(68)51-48-45-42-39-36-24-21-18-15-12-9-6-3)66-64(73)58(69)52-49-46-43-40-37-34-26-23-20-17-14-11-8-5-2/h7,10,16,19-20,23,25,27,29-30,32-33,38,41,48,51,56-59,61-63,65,67-69,71-72H,4-6,8-9,11-15,17-18,21-22,24,26,28,31,34-37,39-40,42-47,49-50,52-55H2,1-3H3,(H,66,73)/b10-7-,19-16-,23-20-,27-25-,30-29-,33-32-,41-38-,51-48+. The Morgan fingerprint density at radius 3 is 1.45 bits per heavy atom. The predicted octanol–water partition coefficient (Wildman–Crippen LogP) is 14.3. The van der Waals surface area contributed by atoms with Gasteiger partial charge in [0, 0.05) is 6.42 Å². The first-order valence-electron chi connectivity index (χ1n) is 30.5. The van der Waals surface area contributed by atoms with E-state index in [4.69, 9.17) is 14.2 Å². The van der Waals surface area contributed by atoms with Gasteiger partial charge in [-0.05, 0) is 103 Å². The van der Waals surface area contributed by atoms with Crippen LogP contribution >= 0.6 is 0 Å². The number of esters is 1. The Bertz CT molecular complexity index is 1600. The minimum Gasteiger partial charge on any atom is -0.454 e. The fourth-order valence-electron chi connectivity index (χ4n) is 8.88. The molecule has 8 unspecified atom stereocenters. The van der Waals surface area contributed by atoms with E-state index in [2.05, 4.69) is 111 Å². The van der Waals surface area contributed by atoms with Crippen LogP contribution in [0, 0.1) is 0 Å². The van der Waals surface area contributed by atoms with Crippen molar-refractivity contribution in [3.8, 4) is 0 Å². The Kier molecular flexibility index (Phi) is 48.6. The van der Waals surface area contributed by atoms with Crippen LogP contribution in [0.25, 0.3) is 0 Å². The van der Waals surface area contributed by atoms with Crippen molar-refractivity contribution >= 4 is 11.9 Å². The molecule has 0 saturated carbocycles. The quantitative estimate of drug-likeness (QED) is 0.0195. The number of aliphatic hydroxyl groups excluding tert-OH is 5. The van der Waals surface area contributed by atoms with E-state index < -0.39 is 67.4 Å². The Balaban J connectivity index is 2.72. The molecule has 1 aliphatic heterocycles. The average Bonchev–Trinajstić information content (AvgIpc) is 3.42. The van der Waals surface area contributed by atoms with E-state index in [1.807, 2.05) is 6.08 Å². The summed E-state index contributed by atoms with van der Waals surface area (Å²) in [6.45, 7) is 5.62. The zero-order chi connectivity index (χ0) is 55.4. The number of ether oxygens (including phenoxy) is 3. The fraction of sp³-hybridized carbons (Fsp3) is 0.723. The molecule has 0 bridgehead atoms. The van der Waals surface area contributed by atoms with Gasteiger partial charge in [-0.2, -0.15) is 0 Å². The van der Waals surface area contributed by atoms with Crippen LogP contribution in [0.1, 0.15) is 239 Å². The molecular formula is C65H111NO10. The number of hydrogen-bond donors (Lipinski definition) is 6. The minimum atomic E-state index is -1.64. The number of amides is 1. The number of carbonyl (C=O) groups excluding carboxylic acids is 2. The molecule has 1 heterocycles. The van der Waals surface area contributed by atoms with Gasteiger partial charge in [0.1, 0.15) is 24.4 Å². The smallest absolute Gasteiger partial charge is 0.306 e. The molecule has 8 atom stereocenters. The summed E-state index contributed by atoms with van der Waals surface area (Å²) in [6, 6.07) is -1.04. The van der Waals surface area contributed by atoms with Gasteiger partial charge in [-0.1, -0.05) is 227 Å². The highest BCUT2D eigenvalue weighted by Gasteiger charge is 2.47. The topological polar surface area (TPSA) is 175 Å². The lowest BCUT2D eigenvalue weighted by Gasteiger charge is -2.41. The third kappa shape index (κ3) is 39.9. The maximum atomic E-state index is 13.4. The zero-order valence-corrected chi connectivity index (χ0v) is 48.1. The largest absolute Gasteiger partial charge is 0.454 e. The van der Waals surface area contributed by atoms with Crippen molar-refractivity contribution in [1.29, 1.82) is 0 Å². The summed E-state index contributed by atoms with van der Waals surface area (Å²) in [5.74, 6) is -1.25. The molecule has 0 aromatic rings. The van der Waals surface area contributed by atoms with Crippen LogP contribution in [0.15, 0.2) is 97.2 Å². The maximum absolute atomic E-state index is 13.4. The molecule has 1 saturated heterocycles. The van der Waals surface area contributed by atoms with Gasteiger partial charge in [0.25, 0.3) is 0 Å². The van der Waals surface area contributed by atoms with E-state index in [9.17, 15) is 35.1 Å². The highest BCUT2D eigenvalue weighted by atomic mass is 16.7. The summed E-state index contributed by atoms with van der Waals surface area (Å²) in [7, 11) is 0. The van der Waals surface area contributed by atoms with E-state index in [1.54, 1.807) is 6.08 Å². The Hall–Kier alpha value is -3.42. The normalized spacial score (nSPS) is 19.8. The second-order valence-electron chi connectivity index (χ2n) is 20.7. The van der Waals surface area contributed by atoms with Crippen LogP contribution in [-0.4, -0.2) is 99.6 Å². The zero-order valence-electron chi connectivity index (χ0n) is 48.1. The molecule has 1 rings (SSSR count). The molecule has 0 aromatic heterocycles. The Labute approximate surface area is 463 Å². The summed E-state index contributed by atoms with van der Waals surface area (Å²) in [4.78, 5) is 26.5. The van der Waals surface area contributed by atoms with E-state index in [0.717, 1.165) is 109 Å². The Morgan fingerprint density at radius 1 is 0.526 bits per heavy atom. The van der Waals surface area contributed by atoms with E-state index in [0.29, 0.717) is 12.8 Å². The van der Waals surface area contributed by atoms with E-state index in [-0.39, 0.29) is 19.4 Å². The van der Waals surface area contributed by atoms with Crippen molar-refractivity contribution in [1.82, 2.24) is 5.32 Å². The third-order valence-corrected chi connectivity index (χ3v) is 13.7. The van der Waals surface area contributed by atoms with Crippen molar-refractivity contribution in [2.75, 3.05) is 13.2 Å². The molecule has 11 heteroatoms. The number of rotatable bonds is 50. The van der Waals surface area contributed by atoms with Gasteiger partial charge in [0.05, 0.1) is 25.4 Å². The van der Waals surface area contributed by atoms with Gasteiger partial charge in [0.2, 0.25) is 5.91 Å². The first-order valence-corrected chi connectivity index (χ1v) is 30.5. The van der Waals surface area contributed by atoms with Crippen LogP contribution < -0.4 is 5.32 Å². The fourth-order valence-corrected chi connectivity index (χ4v) is 8.88. The van der Waals surface area contributed by atoms with Gasteiger partial charge >= 0.3 is 5.97 Å². The van der Waals surface area contributed by atoms with E-state index >= 15 is 0 Å². The third-order valence-electron chi connectivity index (χ3n) is 13.7. The maximum Gasteiger partial charge on any atom is 0.306 e. The summed E-state index contributed by atoms with van der Waals surface area (Å²) < 4.78 is 17.6. The van der Waals surface area contributed by atoms with Crippen molar-refractivity contribution in [3.63, 3.8) is 0 Å². The molecule has 0 radical (unpaired) electrons. The van der Waals surface area contributed by atoms with Crippen molar-refractivity contribution in [2.45, 2.75) is 288 Å². The number of nitrogens with one attached hydrogen (secondary N) is 1. The SMILES string of the molecule is CC/C=C\C/C=C\C/C=C\C/C=C\C/C=C\C/C=C\CCCCC(=O)OC1C(OCC(NC(=O)C(O)CCCCCCCC/C=C\CCCCCC)C(O)/C=C/CCCCCCCCCCCC)OC(CO)C(O)C1O. The number of hydrogen-bond acceptors (Lipinski definition) is 10. The molecule has 0 aliphatic carbocycles. The molecule has 1 amide bonds. The second-order valence-corrected chi connectivity index (χ2v) is 20.7. The molecule has 0 spiro atoms. The molecule has 1 fully saturated rings. The molecule has 6 N–H and O–H groups in total. The minimum absolute atomic E-state index is 0.0636. The van der Waals surface area contributed by atoms with Gasteiger partial charge in [-0.25, -0.2) is 0 Å². The first kappa shape index (κ1) is 70.6. The molecule has 436 valence electrons. The average molecular weight is 1070 g/mol. The van der Waals surface area contributed by atoms with Crippen LogP contribution in [0.2, 0.25) is 0 Å². The molecule has 1 aliphatic rings. The molecule has 76 heavy (non-hydrogen) atoms. The number of unbranched alkanes of at least 4 members (excludes halogenated alkanes) is 22. The van der Waals surface area contributed by atoms with Crippen molar-refractivity contribution < 1.29 is 49.3 Å². The lowest BCUT2D eigenvalue weighted by molar-refractivity contribution is -0.305. The van der Waals surface area contributed by atoms with Crippen LogP contribution in [0.4, 0.5) is 0 Å². The lowest BCUT2D eigenvalue weighted by Crippen LogP contribution is -2.61. The van der Waals surface area contributed by atoms with Crippen molar-refractivity contribution in [3.05, 3.63) is 97.2 Å². The second kappa shape index (κ2) is 52.3. The van der Waals surface area contributed by atoms with Crippen LogP contribution in [-0.2, 0) is 23.8 Å². The highest BCUT2D eigenvalue weighted by Crippen LogP contribution is 2.26. The predicted molar refractivity (Wildman–Crippen MR) is 315 cm³/mol. The number of allylic oxidation sites excluding steroid dienone is 15. The summed E-state index contributed by atoms with van der Waals surface area (Å²) in [6.07, 6.45) is 58.7. The van der Waals surface area contributed by atoms with E-state index in [1.165, 1.54) is 83.5 Å². The summed E-state index contributed by atoms with van der Waals surface area (Å²) in [5, 5.41) is 56.9. The van der Waals surface area contributed by atoms with Gasteiger partial charge in [-0.15, -0.1) is 0 Å². The summed E-state index contributed by atoms with van der Waals surface area (Å²) in [5.41, 5.74) is 0. The molecule has 0 aromatic carbocycles. The highest BCUT2D eigenvalue weighted by molar-refractivity contribution is 5.80.